The molecule has 23 heavy (non-hydrogen) atoms. The summed E-state index contributed by atoms with van der Waals surface area (Å²) in [6, 6.07) is 7.28. The molecule has 2 aromatic heterocycles. The lowest BCUT2D eigenvalue weighted by Gasteiger charge is -2.17. The van der Waals surface area contributed by atoms with Crippen LogP contribution in [0.5, 0.6) is 0 Å². The minimum atomic E-state index is -0.309. The smallest absolute Gasteiger partial charge is 0.225 e. The van der Waals surface area contributed by atoms with Crippen molar-refractivity contribution in [3.05, 3.63) is 48.3 Å². The van der Waals surface area contributed by atoms with Crippen LogP contribution in [0.15, 0.2) is 45.6 Å². The highest BCUT2D eigenvalue weighted by molar-refractivity contribution is 5.89. The van der Waals surface area contributed by atoms with Gasteiger partial charge in [-0.2, -0.15) is 0 Å². The van der Waals surface area contributed by atoms with Crippen LogP contribution in [-0.2, 0) is 22.6 Å². The summed E-state index contributed by atoms with van der Waals surface area (Å²) in [5, 5.41) is 2.96. The Morgan fingerprint density at radius 1 is 1.30 bits per heavy atom. The molecule has 0 aromatic carbocycles. The predicted octanol–water partition coefficient (Wildman–Crippen LogP) is 1.97. The van der Waals surface area contributed by atoms with Crippen molar-refractivity contribution < 1.29 is 18.4 Å². The summed E-state index contributed by atoms with van der Waals surface area (Å²) < 4.78 is 10.5. The first-order chi connectivity index (χ1) is 11.1. The van der Waals surface area contributed by atoms with E-state index in [1.54, 1.807) is 23.5 Å². The number of likely N-dealkylation sites (tertiary alicyclic amines) is 1. The maximum atomic E-state index is 12.3. The van der Waals surface area contributed by atoms with Gasteiger partial charge in [0.1, 0.15) is 11.5 Å². The van der Waals surface area contributed by atoms with Gasteiger partial charge in [-0.05, 0) is 31.2 Å². The van der Waals surface area contributed by atoms with Crippen LogP contribution in [0.25, 0.3) is 0 Å². The predicted molar refractivity (Wildman–Crippen MR) is 82.2 cm³/mol. The summed E-state index contributed by atoms with van der Waals surface area (Å²) in [5.41, 5.74) is 0. The van der Waals surface area contributed by atoms with Gasteiger partial charge in [-0.25, -0.2) is 0 Å². The van der Waals surface area contributed by atoms with Gasteiger partial charge in [0.2, 0.25) is 11.8 Å². The Bertz CT molecular complexity index is 648. The van der Waals surface area contributed by atoms with E-state index in [4.69, 9.17) is 8.83 Å². The lowest BCUT2D eigenvalue weighted by atomic mass is 10.1. The highest BCUT2D eigenvalue weighted by Gasteiger charge is 2.35. The fourth-order valence-corrected chi connectivity index (χ4v) is 2.83. The van der Waals surface area contributed by atoms with Gasteiger partial charge in [0, 0.05) is 25.4 Å². The quantitative estimate of drug-likeness (QED) is 0.884. The zero-order chi connectivity index (χ0) is 16.2. The van der Waals surface area contributed by atoms with Crippen LogP contribution < -0.4 is 5.32 Å². The van der Waals surface area contributed by atoms with Crippen LogP contribution in [0.2, 0.25) is 0 Å². The number of hydrogen-bond acceptors (Lipinski definition) is 4. The Labute approximate surface area is 134 Å². The monoisotopic (exact) mass is 316 g/mol. The van der Waals surface area contributed by atoms with Gasteiger partial charge in [0.05, 0.1) is 25.0 Å². The van der Waals surface area contributed by atoms with Gasteiger partial charge < -0.3 is 19.1 Å². The molecular weight excluding hydrogens is 296 g/mol. The van der Waals surface area contributed by atoms with Crippen molar-refractivity contribution >= 4 is 11.8 Å². The van der Waals surface area contributed by atoms with E-state index in [1.165, 1.54) is 0 Å². The summed E-state index contributed by atoms with van der Waals surface area (Å²) >= 11 is 0. The van der Waals surface area contributed by atoms with Gasteiger partial charge in [-0.3, -0.25) is 9.59 Å². The van der Waals surface area contributed by atoms with Crippen LogP contribution in [0.1, 0.15) is 24.9 Å². The lowest BCUT2D eigenvalue weighted by molar-refractivity contribution is -0.129. The Kier molecular flexibility index (Phi) is 4.50. The Hall–Kier alpha value is -2.50. The van der Waals surface area contributed by atoms with E-state index < -0.39 is 0 Å². The molecule has 6 nitrogen and oxygen atoms in total. The van der Waals surface area contributed by atoms with Gasteiger partial charge >= 0.3 is 0 Å². The largest absolute Gasteiger partial charge is 0.469 e. The van der Waals surface area contributed by atoms with Crippen molar-refractivity contribution in [2.24, 2.45) is 5.92 Å². The summed E-state index contributed by atoms with van der Waals surface area (Å²) in [5.74, 6) is 1.15. The van der Waals surface area contributed by atoms with Crippen LogP contribution >= 0.6 is 0 Å². The van der Waals surface area contributed by atoms with E-state index >= 15 is 0 Å². The van der Waals surface area contributed by atoms with Gasteiger partial charge in [-0.15, -0.1) is 0 Å². The number of rotatable bonds is 6. The van der Waals surface area contributed by atoms with E-state index in [-0.39, 0.29) is 30.2 Å². The van der Waals surface area contributed by atoms with E-state index in [0.29, 0.717) is 19.5 Å². The molecule has 122 valence electrons. The molecule has 6 heteroatoms. The molecule has 0 spiro atoms. The van der Waals surface area contributed by atoms with Gasteiger partial charge in [0.15, 0.2) is 0 Å². The van der Waals surface area contributed by atoms with Crippen molar-refractivity contribution in [2.45, 2.75) is 32.4 Å². The minimum absolute atomic E-state index is 0.0137. The standard InChI is InChI=1S/C17H20N2O4/c1-12(8-14-4-2-6-22-14)18-17(21)13-9-16(20)19(10-13)11-15-5-3-7-23-15/h2-7,12-13H,8-11H2,1H3,(H,18,21). The number of nitrogens with one attached hydrogen (secondary N) is 1. The lowest BCUT2D eigenvalue weighted by Crippen LogP contribution is -2.39. The molecule has 0 aliphatic carbocycles. The number of carbonyl (C=O) groups excluding carboxylic acids is 2. The number of amides is 2. The third kappa shape index (κ3) is 3.83. The molecule has 2 unspecified atom stereocenters. The second-order valence-corrected chi connectivity index (χ2v) is 5.95. The number of nitrogens with zero attached hydrogens (tertiary/aromatic N) is 1. The highest BCUT2D eigenvalue weighted by Crippen LogP contribution is 2.21. The maximum absolute atomic E-state index is 12.3. The topological polar surface area (TPSA) is 75.7 Å². The average molecular weight is 316 g/mol. The molecule has 0 radical (unpaired) electrons. The molecule has 1 aliphatic heterocycles. The molecule has 2 amide bonds. The maximum Gasteiger partial charge on any atom is 0.225 e. The van der Waals surface area contributed by atoms with Crippen molar-refractivity contribution in [1.29, 1.82) is 0 Å². The zero-order valence-corrected chi connectivity index (χ0v) is 13.0. The molecule has 2 aromatic rings. The molecule has 1 N–H and O–H groups in total. The summed E-state index contributed by atoms with van der Waals surface area (Å²) in [6.07, 6.45) is 4.08. The SMILES string of the molecule is CC(Cc1ccco1)NC(=O)C1CC(=O)N(Cc2ccco2)C1. The summed E-state index contributed by atoms with van der Waals surface area (Å²) in [6.45, 7) is 2.77. The number of carbonyl (C=O) groups is 2. The Balaban J connectivity index is 1.51. The highest BCUT2D eigenvalue weighted by atomic mass is 16.3. The second kappa shape index (κ2) is 6.73. The molecular formula is C17H20N2O4. The Morgan fingerprint density at radius 3 is 2.65 bits per heavy atom. The second-order valence-electron chi connectivity index (χ2n) is 5.95. The van der Waals surface area contributed by atoms with Crippen LogP contribution in [0.4, 0.5) is 0 Å². The van der Waals surface area contributed by atoms with Crippen molar-refractivity contribution in [1.82, 2.24) is 10.2 Å². The van der Waals surface area contributed by atoms with E-state index in [1.807, 2.05) is 25.1 Å². The van der Waals surface area contributed by atoms with Crippen molar-refractivity contribution in [3.63, 3.8) is 0 Å². The molecule has 1 aliphatic rings. The van der Waals surface area contributed by atoms with E-state index in [2.05, 4.69) is 5.32 Å². The first-order valence-electron chi connectivity index (χ1n) is 7.74. The summed E-state index contributed by atoms with van der Waals surface area (Å²) in [4.78, 5) is 26.0. The zero-order valence-electron chi connectivity index (χ0n) is 13.0. The summed E-state index contributed by atoms with van der Waals surface area (Å²) in [7, 11) is 0. The van der Waals surface area contributed by atoms with Gasteiger partial charge in [0.25, 0.3) is 0 Å². The number of hydrogen-bond donors (Lipinski definition) is 1. The normalized spacial score (nSPS) is 19.1. The molecule has 3 heterocycles. The average Bonchev–Trinajstić information content (AvgIpc) is 3.23. The van der Waals surface area contributed by atoms with E-state index in [0.717, 1.165) is 11.5 Å². The first-order valence-corrected chi connectivity index (χ1v) is 7.74. The molecule has 0 bridgehead atoms. The minimum Gasteiger partial charge on any atom is -0.469 e. The first kappa shape index (κ1) is 15.4. The third-order valence-electron chi connectivity index (χ3n) is 3.99. The molecule has 3 rings (SSSR count). The molecule has 0 saturated carbocycles. The van der Waals surface area contributed by atoms with E-state index in [9.17, 15) is 9.59 Å². The van der Waals surface area contributed by atoms with Crippen molar-refractivity contribution in [3.8, 4) is 0 Å². The Morgan fingerprint density at radius 2 is 2.00 bits per heavy atom. The van der Waals surface area contributed by atoms with Crippen LogP contribution in [0.3, 0.4) is 0 Å². The number of furan rings is 2. The fraction of sp³-hybridized carbons (Fsp3) is 0.412. The molecule has 1 fully saturated rings. The van der Waals surface area contributed by atoms with Crippen molar-refractivity contribution in [2.75, 3.05) is 6.54 Å². The van der Waals surface area contributed by atoms with Crippen LogP contribution in [0, 0.1) is 5.92 Å². The fourth-order valence-electron chi connectivity index (χ4n) is 2.83. The molecule has 2 atom stereocenters. The third-order valence-corrected chi connectivity index (χ3v) is 3.99. The molecule has 1 saturated heterocycles. The van der Waals surface area contributed by atoms with Crippen LogP contribution in [-0.4, -0.2) is 29.3 Å². The van der Waals surface area contributed by atoms with Gasteiger partial charge in [-0.1, -0.05) is 0 Å².